The molecule has 0 fully saturated rings. The number of fused-ring (bicyclic) bond motifs is 4. The van der Waals surface area contributed by atoms with Crippen molar-refractivity contribution >= 4 is 32.7 Å². The van der Waals surface area contributed by atoms with Crippen LogP contribution in [0, 0.1) is 0 Å². The van der Waals surface area contributed by atoms with Crippen LogP contribution in [0.25, 0.3) is 32.7 Å². The van der Waals surface area contributed by atoms with Crippen molar-refractivity contribution < 1.29 is 9.15 Å². The Bertz CT molecular complexity index is 1040. The summed E-state index contributed by atoms with van der Waals surface area (Å²) in [5, 5.41) is 3.11. The van der Waals surface area contributed by atoms with Gasteiger partial charge in [-0.2, -0.15) is 0 Å². The van der Waals surface area contributed by atoms with Crippen molar-refractivity contribution in [1.82, 2.24) is 0 Å². The molecule has 0 spiro atoms. The zero-order chi connectivity index (χ0) is 14.4. The average Bonchev–Trinajstić information content (AvgIpc) is 2.54. The van der Waals surface area contributed by atoms with E-state index in [1.54, 1.807) is 13.2 Å². The molecule has 4 aromatic rings. The lowest BCUT2D eigenvalue weighted by Crippen LogP contribution is -2.01. The van der Waals surface area contributed by atoms with Gasteiger partial charge in [0.05, 0.1) is 17.9 Å². The van der Waals surface area contributed by atoms with E-state index in [1.165, 1.54) is 0 Å². The van der Waals surface area contributed by atoms with E-state index in [0.717, 1.165) is 16.5 Å². The highest BCUT2D eigenvalue weighted by Crippen LogP contribution is 2.29. The third-order valence-electron chi connectivity index (χ3n) is 3.77. The Morgan fingerprint density at radius 1 is 0.905 bits per heavy atom. The zero-order valence-electron chi connectivity index (χ0n) is 11.4. The monoisotopic (exact) mass is 276 g/mol. The van der Waals surface area contributed by atoms with Gasteiger partial charge in [0, 0.05) is 5.39 Å². The quantitative estimate of drug-likeness (QED) is 0.388. The van der Waals surface area contributed by atoms with Crippen LogP contribution >= 0.6 is 0 Å². The molecule has 0 bridgehead atoms. The maximum atomic E-state index is 12.6. The molecule has 0 saturated carbocycles. The summed E-state index contributed by atoms with van der Waals surface area (Å²) < 4.78 is 11.2. The second-order valence-electron chi connectivity index (χ2n) is 4.96. The number of para-hydroxylation sites is 1. The van der Waals surface area contributed by atoms with Gasteiger partial charge in [0.15, 0.2) is 0 Å². The van der Waals surface area contributed by atoms with Crippen molar-refractivity contribution in [2.75, 3.05) is 7.11 Å². The average molecular weight is 276 g/mol. The number of methoxy groups -OCH3 is 1. The molecule has 0 aliphatic rings. The van der Waals surface area contributed by atoms with Gasteiger partial charge in [-0.3, -0.25) is 4.79 Å². The van der Waals surface area contributed by atoms with Crippen LogP contribution in [-0.4, -0.2) is 7.11 Å². The van der Waals surface area contributed by atoms with Crippen LogP contribution in [0.3, 0.4) is 0 Å². The van der Waals surface area contributed by atoms with Crippen LogP contribution in [0.4, 0.5) is 0 Å². The Morgan fingerprint density at radius 3 is 2.57 bits per heavy atom. The summed E-state index contributed by atoms with van der Waals surface area (Å²) in [6.07, 6.45) is 0. The van der Waals surface area contributed by atoms with E-state index in [2.05, 4.69) is 0 Å². The van der Waals surface area contributed by atoms with Crippen LogP contribution in [0.2, 0.25) is 0 Å². The largest absolute Gasteiger partial charge is 0.497 e. The molecule has 3 heteroatoms. The van der Waals surface area contributed by atoms with Crippen LogP contribution in [0.1, 0.15) is 0 Å². The predicted octanol–water partition coefficient (Wildman–Crippen LogP) is 4.11. The molecule has 0 N–H and O–H groups in total. The van der Waals surface area contributed by atoms with Gasteiger partial charge in [-0.25, -0.2) is 0 Å². The highest BCUT2D eigenvalue weighted by atomic mass is 16.5. The fourth-order valence-corrected chi connectivity index (χ4v) is 2.69. The van der Waals surface area contributed by atoms with Gasteiger partial charge in [-0.05, 0) is 41.8 Å². The van der Waals surface area contributed by atoms with Crippen molar-refractivity contribution in [3.63, 3.8) is 0 Å². The lowest BCUT2D eigenvalue weighted by molar-refractivity contribution is 0.415. The number of hydrogen-bond donors (Lipinski definition) is 0. The molecule has 3 nitrogen and oxygen atoms in total. The first-order chi connectivity index (χ1) is 10.3. The zero-order valence-corrected chi connectivity index (χ0v) is 11.4. The van der Waals surface area contributed by atoms with E-state index in [0.29, 0.717) is 21.9 Å². The molecule has 0 aliphatic carbocycles. The van der Waals surface area contributed by atoms with Crippen LogP contribution in [-0.2, 0) is 0 Å². The first-order valence-corrected chi connectivity index (χ1v) is 6.70. The van der Waals surface area contributed by atoms with E-state index < -0.39 is 0 Å². The predicted molar refractivity (Wildman–Crippen MR) is 84.0 cm³/mol. The van der Waals surface area contributed by atoms with E-state index in [1.807, 2.05) is 48.5 Å². The van der Waals surface area contributed by atoms with E-state index in [9.17, 15) is 4.79 Å². The van der Waals surface area contributed by atoms with Gasteiger partial charge in [0.2, 0.25) is 5.43 Å². The fourth-order valence-electron chi connectivity index (χ4n) is 2.69. The third kappa shape index (κ3) is 1.71. The molecule has 0 unspecified atom stereocenters. The number of rotatable bonds is 1. The molecule has 0 saturated heterocycles. The molecular weight excluding hydrogens is 264 g/mol. The van der Waals surface area contributed by atoms with Crippen molar-refractivity contribution in [3.8, 4) is 5.75 Å². The summed E-state index contributed by atoms with van der Waals surface area (Å²) in [7, 11) is 1.63. The molecule has 1 heterocycles. The van der Waals surface area contributed by atoms with E-state index in [-0.39, 0.29) is 5.43 Å². The molecule has 1 aromatic heterocycles. The summed E-state index contributed by atoms with van der Waals surface area (Å²) in [5.41, 5.74) is 1.24. The molecule has 0 amide bonds. The topological polar surface area (TPSA) is 39.4 Å². The molecule has 4 rings (SSSR count). The summed E-state index contributed by atoms with van der Waals surface area (Å²) in [4.78, 5) is 12.6. The maximum absolute atomic E-state index is 12.6. The van der Waals surface area contributed by atoms with E-state index in [4.69, 9.17) is 9.15 Å². The number of ether oxygens (including phenoxy) is 1. The number of benzene rings is 3. The first-order valence-electron chi connectivity index (χ1n) is 6.70. The fraction of sp³-hybridized carbons (Fsp3) is 0.0556. The maximum Gasteiger partial charge on any atom is 0.200 e. The van der Waals surface area contributed by atoms with Crippen molar-refractivity contribution in [2.24, 2.45) is 0 Å². The minimum atomic E-state index is 0.00423. The highest BCUT2D eigenvalue weighted by Gasteiger charge is 2.10. The summed E-state index contributed by atoms with van der Waals surface area (Å²) >= 11 is 0. The van der Waals surface area contributed by atoms with Gasteiger partial charge in [0.1, 0.15) is 16.9 Å². The molecular formula is C18H12O3. The smallest absolute Gasteiger partial charge is 0.200 e. The van der Waals surface area contributed by atoms with Crippen molar-refractivity contribution in [3.05, 3.63) is 64.8 Å². The van der Waals surface area contributed by atoms with Gasteiger partial charge >= 0.3 is 0 Å². The van der Waals surface area contributed by atoms with Gasteiger partial charge in [-0.15, -0.1) is 0 Å². The standard InChI is InChI=1S/C18H12O3/c1-20-12-7-9-13-11(10-12)6-8-15-17(19)14-4-2-3-5-16(14)21-18(13)15/h2-10H,1H3. The molecule has 3 aromatic carbocycles. The van der Waals surface area contributed by atoms with Crippen molar-refractivity contribution in [1.29, 1.82) is 0 Å². The molecule has 0 aliphatic heterocycles. The van der Waals surface area contributed by atoms with E-state index >= 15 is 0 Å². The lowest BCUT2D eigenvalue weighted by Gasteiger charge is -2.06. The Morgan fingerprint density at radius 2 is 1.71 bits per heavy atom. The van der Waals surface area contributed by atoms with Gasteiger partial charge < -0.3 is 9.15 Å². The first kappa shape index (κ1) is 12.0. The van der Waals surface area contributed by atoms with Gasteiger partial charge in [0.25, 0.3) is 0 Å². The van der Waals surface area contributed by atoms with Gasteiger partial charge in [-0.1, -0.05) is 18.2 Å². The Labute approximate surface area is 120 Å². The molecule has 102 valence electrons. The summed E-state index contributed by atoms with van der Waals surface area (Å²) in [6, 6.07) is 16.8. The molecule has 21 heavy (non-hydrogen) atoms. The Kier molecular flexibility index (Phi) is 2.48. The molecule has 0 atom stereocenters. The Hall–Kier alpha value is -2.81. The summed E-state index contributed by atoms with van der Waals surface area (Å²) in [6.45, 7) is 0. The lowest BCUT2D eigenvalue weighted by atomic mass is 10.1. The second-order valence-corrected chi connectivity index (χ2v) is 4.96. The molecule has 0 radical (unpaired) electrons. The van der Waals surface area contributed by atoms with Crippen LogP contribution in [0.15, 0.2) is 63.8 Å². The second kappa shape index (κ2) is 4.35. The minimum absolute atomic E-state index is 0.00423. The SMILES string of the molecule is COc1ccc2c(ccc3c(=O)c4ccccc4oc32)c1. The van der Waals surface area contributed by atoms with Crippen molar-refractivity contribution in [2.45, 2.75) is 0 Å². The third-order valence-corrected chi connectivity index (χ3v) is 3.77. The normalized spacial score (nSPS) is 11.3. The summed E-state index contributed by atoms with van der Waals surface area (Å²) in [5.74, 6) is 0.782. The Balaban J connectivity index is 2.22. The van der Waals surface area contributed by atoms with Crippen LogP contribution < -0.4 is 10.2 Å². The van der Waals surface area contributed by atoms with Crippen LogP contribution in [0.5, 0.6) is 5.75 Å². The highest BCUT2D eigenvalue weighted by molar-refractivity contribution is 6.06. The number of hydrogen-bond acceptors (Lipinski definition) is 3. The minimum Gasteiger partial charge on any atom is -0.497 e.